The van der Waals surface area contributed by atoms with Crippen LogP contribution in [-0.2, 0) is 25.6 Å². The molecule has 0 radical (unpaired) electrons. The van der Waals surface area contributed by atoms with Gasteiger partial charge in [0.1, 0.15) is 5.75 Å². The second-order valence-electron chi connectivity index (χ2n) is 7.45. The Kier molecular flexibility index (Phi) is 7.52. The van der Waals surface area contributed by atoms with Gasteiger partial charge in [0.2, 0.25) is 5.91 Å². The highest BCUT2D eigenvalue weighted by Gasteiger charge is 2.22. The molecule has 1 aliphatic rings. The summed E-state index contributed by atoms with van der Waals surface area (Å²) in [6.45, 7) is 3.78. The van der Waals surface area contributed by atoms with E-state index < -0.39 is 11.9 Å². The number of carbonyl (C=O) groups excluding carboxylic acids is 3. The van der Waals surface area contributed by atoms with Gasteiger partial charge < -0.3 is 15.5 Å². The van der Waals surface area contributed by atoms with E-state index in [9.17, 15) is 24.3 Å². The van der Waals surface area contributed by atoms with Gasteiger partial charge in [-0.2, -0.15) is 0 Å². The maximum atomic E-state index is 12.2. The van der Waals surface area contributed by atoms with Crippen molar-refractivity contribution in [1.29, 1.82) is 0 Å². The molecule has 0 saturated carbocycles. The Morgan fingerprint density at radius 2 is 1.79 bits per heavy atom. The van der Waals surface area contributed by atoms with Crippen LogP contribution >= 0.6 is 0 Å². The van der Waals surface area contributed by atoms with Crippen LogP contribution in [0.2, 0.25) is 0 Å². The number of carbonyl (C=O) groups is 4. The molecule has 8 heteroatoms. The monoisotopic (exact) mass is 402 g/mol. The molecule has 0 aromatic heterocycles. The van der Waals surface area contributed by atoms with Gasteiger partial charge in [-0.15, -0.1) is 0 Å². The number of carboxylic acid groups (broad SMARTS) is 1. The number of benzene rings is 1. The van der Waals surface area contributed by atoms with Gasteiger partial charge in [0.15, 0.2) is 0 Å². The van der Waals surface area contributed by atoms with Crippen molar-refractivity contribution in [2.75, 3.05) is 11.9 Å². The number of aromatic hydroxyl groups is 1. The van der Waals surface area contributed by atoms with Crippen molar-refractivity contribution in [1.82, 2.24) is 4.90 Å². The highest BCUT2D eigenvalue weighted by molar-refractivity contribution is 6.12. The third-order valence-electron chi connectivity index (χ3n) is 4.78. The van der Waals surface area contributed by atoms with Gasteiger partial charge >= 0.3 is 5.97 Å². The Bertz CT molecular complexity index is 814. The summed E-state index contributed by atoms with van der Waals surface area (Å²) in [6.07, 6.45) is 3.95. The number of phenolic OH excluding ortho intramolecular Hbond substituents is 1. The summed E-state index contributed by atoms with van der Waals surface area (Å²) in [7, 11) is 0. The molecule has 0 fully saturated rings. The van der Waals surface area contributed by atoms with Gasteiger partial charge in [0, 0.05) is 25.1 Å². The predicted octanol–water partition coefficient (Wildman–Crippen LogP) is 2.33. The Hall–Kier alpha value is -3.16. The van der Waals surface area contributed by atoms with Crippen LogP contribution in [0.3, 0.4) is 0 Å². The van der Waals surface area contributed by atoms with Crippen molar-refractivity contribution in [2.45, 2.75) is 39.5 Å². The molecule has 0 saturated heterocycles. The van der Waals surface area contributed by atoms with E-state index in [1.807, 2.05) is 6.92 Å². The van der Waals surface area contributed by atoms with E-state index in [4.69, 9.17) is 5.11 Å². The molecule has 3 amide bonds. The molecule has 156 valence electrons. The van der Waals surface area contributed by atoms with Crippen molar-refractivity contribution in [3.05, 3.63) is 35.9 Å². The fourth-order valence-corrected chi connectivity index (χ4v) is 3.26. The highest BCUT2D eigenvalue weighted by Crippen LogP contribution is 2.27. The first-order valence-corrected chi connectivity index (χ1v) is 9.55. The molecular weight excluding hydrogens is 376 g/mol. The van der Waals surface area contributed by atoms with Gasteiger partial charge in [0.05, 0.1) is 11.6 Å². The van der Waals surface area contributed by atoms with E-state index in [-0.39, 0.29) is 48.0 Å². The first-order chi connectivity index (χ1) is 13.7. The molecule has 29 heavy (non-hydrogen) atoms. The van der Waals surface area contributed by atoms with Crippen LogP contribution in [0.25, 0.3) is 0 Å². The van der Waals surface area contributed by atoms with E-state index >= 15 is 0 Å². The van der Waals surface area contributed by atoms with Crippen molar-refractivity contribution < 1.29 is 29.4 Å². The van der Waals surface area contributed by atoms with Gasteiger partial charge in [0.25, 0.3) is 11.8 Å². The Balaban J connectivity index is 1.87. The lowest BCUT2D eigenvalue weighted by atomic mass is 9.91. The molecule has 2 atom stereocenters. The van der Waals surface area contributed by atoms with Crippen LogP contribution < -0.4 is 5.32 Å². The minimum Gasteiger partial charge on any atom is -0.506 e. The molecule has 1 aromatic carbocycles. The molecule has 1 heterocycles. The topological polar surface area (TPSA) is 124 Å². The number of hydrogen-bond donors (Lipinski definition) is 3. The van der Waals surface area contributed by atoms with Gasteiger partial charge in [-0.25, -0.2) is 0 Å². The second kappa shape index (κ2) is 9.86. The van der Waals surface area contributed by atoms with Crippen LogP contribution in [-0.4, -0.2) is 45.3 Å². The number of phenols is 1. The molecule has 0 aliphatic carbocycles. The van der Waals surface area contributed by atoms with Crippen LogP contribution in [0.5, 0.6) is 5.75 Å². The number of anilines is 1. The molecule has 0 spiro atoms. The normalized spacial score (nSPS) is 15.4. The molecule has 1 aromatic rings. The maximum absolute atomic E-state index is 12.2. The SMILES string of the molecule is CC(C[C@@H](C)Cc1ccc(O)c(NC(=O)CCCN2C(=O)C=CC2=O)c1)C(=O)O. The van der Waals surface area contributed by atoms with E-state index in [2.05, 4.69) is 5.32 Å². The van der Waals surface area contributed by atoms with Crippen molar-refractivity contribution in [3.8, 4) is 5.75 Å². The summed E-state index contributed by atoms with van der Waals surface area (Å²) in [5.41, 5.74) is 1.16. The van der Waals surface area contributed by atoms with Crippen LogP contribution in [0, 0.1) is 11.8 Å². The number of aliphatic carboxylic acids is 1. The van der Waals surface area contributed by atoms with Crippen LogP contribution in [0.1, 0.15) is 38.7 Å². The molecule has 2 rings (SSSR count). The standard InChI is InChI=1S/C21H26N2O6/c1-13(10-14(2)21(28)29)11-15-5-6-17(24)16(12-15)22-18(25)4-3-9-23-19(26)7-8-20(23)27/h5-8,12-14,24H,3-4,9-11H2,1-2H3,(H,22,25)(H,28,29)/t13-,14?/m1/s1. The van der Waals surface area contributed by atoms with E-state index in [1.165, 1.54) is 18.2 Å². The summed E-state index contributed by atoms with van der Waals surface area (Å²) in [6, 6.07) is 4.91. The maximum Gasteiger partial charge on any atom is 0.306 e. The second-order valence-corrected chi connectivity index (χ2v) is 7.45. The fourth-order valence-electron chi connectivity index (χ4n) is 3.26. The quantitative estimate of drug-likeness (QED) is 0.408. The number of imide groups is 1. The highest BCUT2D eigenvalue weighted by atomic mass is 16.4. The van der Waals surface area contributed by atoms with Crippen molar-refractivity contribution >= 4 is 29.4 Å². The smallest absolute Gasteiger partial charge is 0.306 e. The average molecular weight is 402 g/mol. The number of hydrogen-bond acceptors (Lipinski definition) is 5. The predicted molar refractivity (Wildman–Crippen MR) is 106 cm³/mol. The van der Waals surface area contributed by atoms with Crippen LogP contribution in [0.15, 0.2) is 30.4 Å². The van der Waals surface area contributed by atoms with Crippen molar-refractivity contribution in [2.24, 2.45) is 11.8 Å². The lowest BCUT2D eigenvalue weighted by Crippen LogP contribution is -2.31. The summed E-state index contributed by atoms with van der Waals surface area (Å²) in [4.78, 5) is 47.2. The minimum absolute atomic E-state index is 0.0669. The first kappa shape index (κ1) is 22.1. The summed E-state index contributed by atoms with van der Waals surface area (Å²) in [5.74, 6) is -2.31. The summed E-state index contributed by atoms with van der Waals surface area (Å²) in [5, 5.41) is 21.7. The summed E-state index contributed by atoms with van der Waals surface area (Å²) >= 11 is 0. The third kappa shape index (κ3) is 6.44. The van der Waals surface area contributed by atoms with Crippen molar-refractivity contribution in [3.63, 3.8) is 0 Å². The number of nitrogens with one attached hydrogen (secondary N) is 1. The lowest BCUT2D eigenvalue weighted by molar-refractivity contribution is -0.141. The number of amides is 3. The zero-order valence-corrected chi connectivity index (χ0v) is 16.6. The Morgan fingerprint density at radius 1 is 1.14 bits per heavy atom. The zero-order valence-electron chi connectivity index (χ0n) is 16.6. The molecule has 3 N–H and O–H groups in total. The third-order valence-corrected chi connectivity index (χ3v) is 4.78. The lowest BCUT2D eigenvalue weighted by Gasteiger charge is -2.16. The van der Waals surface area contributed by atoms with E-state index in [0.29, 0.717) is 19.3 Å². The molecular formula is C21H26N2O6. The number of rotatable bonds is 10. The van der Waals surface area contributed by atoms with Gasteiger partial charge in [-0.05, 0) is 42.9 Å². The molecule has 1 aliphatic heterocycles. The molecule has 8 nitrogen and oxygen atoms in total. The van der Waals surface area contributed by atoms with E-state index in [0.717, 1.165) is 10.5 Å². The largest absolute Gasteiger partial charge is 0.506 e. The fraction of sp³-hybridized carbons (Fsp3) is 0.429. The average Bonchev–Trinajstić information content (AvgIpc) is 2.96. The Morgan fingerprint density at radius 3 is 2.41 bits per heavy atom. The molecule has 1 unspecified atom stereocenters. The van der Waals surface area contributed by atoms with Gasteiger partial charge in [-0.3, -0.25) is 24.1 Å². The molecule has 0 bridgehead atoms. The van der Waals surface area contributed by atoms with E-state index in [1.54, 1.807) is 19.1 Å². The zero-order chi connectivity index (χ0) is 21.6. The minimum atomic E-state index is -0.830. The van der Waals surface area contributed by atoms with Crippen LogP contribution in [0.4, 0.5) is 5.69 Å². The summed E-state index contributed by atoms with van der Waals surface area (Å²) < 4.78 is 0. The first-order valence-electron chi connectivity index (χ1n) is 9.55. The Labute approximate surface area is 169 Å². The number of carboxylic acids is 1. The number of nitrogens with zero attached hydrogens (tertiary/aromatic N) is 1. The van der Waals surface area contributed by atoms with Gasteiger partial charge in [-0.1, -0.05) is 19.9 Å².